The Morgan fingerprint density at radius 2 is 2.09 bits per heavy atom. The molecule has 0 aliphatic heterocycles. The van der Waals surface area contributed by atoms with Crippen LogP contribution in [0.2, 0.25) is 5.02 Å². The maximum atomic E-state index is 12.7. The smallest absolute Gasteiger partial charge is 0.312 e. The molecule has 1 N–H and O–H groups in total. The number of carbonyl (C=O) groups excluding carboxylic acids is 1. The van der Waals surface area contributed by atoms with Crippen LogP contribution in [0, 0.1) is 5.92 Å². The van der Waals surface area contributed by atoms with Crippen LogP contribution in [-0.2, 0) is 28.9 Å². The standard InChI is InChI=1S/C24H29ClN2O4S/c1-4-5-10-22-26-13-21(27(22)14-16-8-6-7-9-20(16)25)23(28)19(24(29)31-3)12-18-11-17(30-2)15-32-18/h6-9,11,13,15,19,23,28H,4-5,10,12,14H2,1-3H3. The van der Waals surface area contributed by atoms with Gasteiger partial charge in [0, 0.05) is 21.7 Å². The summed E-state index contributed by atoms with van der Waals surface area (Å²) in [5.41, 5.74) is 1.51. The molecule has 2 atom stereocenters. The van der Waals surface area contributed by atoms with Gasteiger partial charge in [0.05, 0.1) is 38.6 Å². The summed E-state index contributed by atoms with van der Waals surface area (Å²) < 4.78 is 12.3. The first-order valence-electron chi connectivity index (χ1n) is 10.6. The van der Waals surface area contributed by atoms with E-state index in [9.17, 15) is 9.90 Å². The van der Waals surface area contributed by atoms with Gasteiger partial charge in [-0.25, -0.2) is 4.98 Å². The Hall–Kier alpha value is -2.35. The summed E-state index contributed by atoms with van der Waals surface area (Å²) >= 11 is 7.89. The number of imidazole rings is 1. The van der Waals surface area contributed by atoms with Gasteiger partial charge in [-0.05, 0) is 30.5 Å². The summed E-state index contributed by atoms with van der Waals surface area (Å²) in [5.74, 6) is 0.352. The average molecular weight is 477 g/mol. The quantitative estimate of drug-likeness (QED) is 0.391. The highest BCUT2D eigenvalue weighted by Crippen LogP contribution is 2.32. The largest absolute Gasteiger partial charge is 0.496 e. The number of nitrogens with zero attached hydrogens (tertiary/aromatic N) is 2. The molecule has 3 rings (SSSR count). The van der Waals surface area contributed by atoms with Crippen molar-refractivity contribution in [2.24, 2.45) is 5.92 Å². The number of ether oxygens (including phenoxy) is 2. The minimum absolute atomic E-state index is 0.337. The van der Waals surface area contributed by atoms with E-state index in [-0.39, 0.29) is 0 Å². The van der Waals surface area contributed by atoms with E-state index in [1.54, 1.807) is 13.3 Å². The third-order valence-electron chi connectivity index (χ3n) is 5.48. The van der Waals surface area contributed by atoms with Gasteiger partial charge in [-0.2, -0.15) is 0 Å². The molecule has 0 saturated heterocycles. The van der Waals surface area contributed by atoms with Crippen molar-refractivity contribution < 1.29 is 19.4 Å². The zero-order valence-electron chi connectivity index (χ0n) is 18.6. The summed E-state index contributed by atoms with van der Waals surface area (Å²) in [6.45, 7) is 2.59. The van der Waals surface area contributed by atoms with Gasteiger partial charge in [0.1, 0.15) is 17.7 Å². The minimum Gasteiger partial charge on any atom is -0.496 e. The Bertz CT molecular complexity index is 1030. The lowest BCUT2D eigenvalue weighted by atomic mass is 9.95. The van der Waals surface area contributed by atoms with Gasteiger partial charge in [-0.3, -0.25) is 4.79 Å². The molecule has 0 aliphatic carbocycles. The van der Waals surface area contributed by atoms with Crippen LogP contribution in [0.3, 0.4) is 0 Å². The molecule has 2 aromatic heterocycles. The number of methoxy groups -OCH3 is 2. The van der Waals surface area contributed by atoms with Crippen LogP contribution in [-0.4, -0.2) is 34.8 Å². The number of aromatic nitrogens is 2. The molecule has 0 radical (unpaired) electrons. The molecule has 32 heavy (non-hydrogen) atoms. The van der Waals surface area contributed by atoms with Gasteiger partial charge in [0.25, 0.3) is 0 Å². The average Bonchev–Trinajstić information content (AvgIpc) is 3.43. The third kappa shape index (κ3) is 5.71. The molecule has 172 valence electrons. The first-order valence-corrected chi connectivity index (χ1v) is 11.9. The molecule has 0 fully saturated rings. The van der Waals surface area contributed by atoms with Gasteiger partial charge in [-0.15, -0.1) is 11.3 Å². The van der Waals surface area contributed by atoms with Crippen LogP contribution in [0.5, 0.6) is 5.75 Å². The van der Waals surface area contributed by atoms with Crippen LogP contribution in [0.15, 0.2) is 41.9 Å². The zero-order valence-corrected chi connectivity index (χ0v) is 20.2. The molecular formula is C24H29ClN2O4S. The number of carbonyl (C=O) groups is 1. The highest BCUT2D eigenvalue weighted by molar-refractivity contribution is 7.10. The first kappa shape index (κ1) is 24.3. The molecule has 1 aromatic carbocycles. The maximum Gasteiger partial charge on any atom is 0.312 e. The molecule has 2 heterocycles. The number of benzene rings is 1. The highest BCUT2D eigenvalue weighted by Gasteiger charge is 2.33. The number of hydrogen-bond acceptors (Lipinski definition) is 6. The van der Waals surface area contributed by atoms with E-state index in [1.165, 1.54) is 18.4 Å². The SMILES string of the molecule is CCCCc1ncc(C(O)C(Cc2cc(OC)cs2)C(=O)OC)n1Cc1ccccc1Cl. The molecule has 6 nitrogen and oxygen atoms in total. The second-order valence-corrected chi connectivity index (χ2v) is 9.01. The van der Waals surface area contributed by atoms with Crippen molar-refractivity contribution in [1.29, 1.82) is 0 Å². The fourth-order valence-corrected chi connectivity index (χ4v) is 4.74. The summed E-state index contributed by atoms with van der Waals surface area (Å²) in [5, 5.41) is 13.9. The first-order chi connectivity index (χ1) is 15.5. The summed E-state index contributed by atoms with van der Waals surface area (Å²) in [7, 11) is 2.94. The highest BCUT2D eigenvalue weighted by atomic mass is 35.5. The van der Waals surface area contributed by atoms with Gasteiger partial charge in [-0.1, -0.05) is 43.1 Å². The van der Waals surface area contributed by atoms with Crippen molar-refractivity contribution >= 4 is 28.9 Å². The Morgan fingerprint density at radius 3 is 2.75 bits per heavy atom. The van der Waals surface area contributed by atoms with Gasteiger partial charge in [0.15, 0.2) is 0 Å². The molecule has 0 saturated carbocycles. The zero-order chi connectivity index (χ0) is 23.1. The van der Waals surface area contributed by atoms with E-state index >= 15 is 0 Å². The van der Waals surface area contributed by atoms with E-state index in [4.69, 9.17) is 21.1 Å². The van der Waals surface area contributed by atoms with Crippen molar-refractivity contribution in [3.8, 4) is 5.75 Å². The lowest BCUT2D eigenvalue weighted by Gasteiger charge is -2.22. The number of hydrogen-bond donors (Lipinski definition) is 1. The number of halogens is 1. The molecule has 8 heteroatoms. The molecule has 0 spiro atoms. The van der Waals surface area contributed by atoms with E-state index < -0.39 is 18.0 Å². The molecule has 0 amide bonds. The fraction of sp³-hybridized carbons (Fsp3) is 0.417. The van der Waals surface area contributed by atoms with Gasteiger partial charge >= 0.3 is 5.97 Å². The van der Waals surface area contributed by atoms with Gasteiger partial charge in [0.2, 0.25) is 0 Å². The van der Waals surface area contributed by atoms with Crippen LogP contribution < -0.4 is 4.74 Å². The van der Waals surface area contributed by atoms with Crippen LogP contribution in [0.25, 0.3) is 0 Å². The Labute approximate surface area is 197 Å². The molecule has 3 aromatic rings. The topological polar surface area (TPSA) is 73.6 Å². The van der Waals surface area contributed by atoms with Crippen molar-refractivity contribution in [3.05, 3.63) is 68.9 Å². The third-order valence-corrected chi connectivity index (χ3v) is 6.79. The normalized spacial score (nSPS) is 13.0. The predicted octanol–water partition coefficient (Wildman–Crippen LogP) is 5.06. The van der Waals surface area contributed by atoms with Crippen LogP contribution in [0.4, 0.5) is 0 Å². The second-order valence-electron chi connectivity index (χ2n) is 7.61. The molecular weight excluding hydrogens is 448 g/mol. The number of aliphatic hydroxyl groups excluding tert-OH is 1. The van der Waals surface area contributed by atoms with Crippen molar-refractivity contribution in [1.82, 2.24) is 9.55 Å². The summed E-state index contributed by atoms with van der Waals surface area (Å²) in [6, 6.07) is 9.49. The molecule has 0 bridgehead atoms. The number of rotatable bonds is 11. The number of unbranched alkanes of at least 4 members (excludes halogenated alkanes) is 1. The van der Waals surface area contributed by atoms with Crippen LogP contribution in [0.1, 0.15) is 47.8 Å². The van der Waals surface area contributed by atoms with E-state index in [1.807, 2.05) is 40.3 Å². The van der Waals surface area contributed by atoms with Gasteiger partial charge < -0.3 is 19.1 Å². The summed E-state index contributed by atoms with van der Waals surface area (Å²) in [6.07, 6.45) is 3.70. The predicted molar refractivity (Wildman–Crippen MR) is 126 cm³/mol. The van der Waals surface area contributed by atoms with Crippen molar-refractivity contribution in [2.45, 2.75) is 45.3 Å². The Kier molecular flexibility index (Phi) is 8.73. The lowest BCUT2D eigenvalue weighted by Crippen LogP contribution is -2.27. The van der Waals surface area contributed by atoms with Crippen molar-refractivity contribution in [3.63, 3.8) is 0 Å². The maximum absolute atomic E-state index is 12.7. The molecule has 2 unspecified atom stereocenters. The number of aliphatic hydroxyl groups is 1. The monoisotopic (exact) mass is 476 g/mol. The van der Waals surface area contributed by atoms with E-state index in [0.717, 1.165) is 41.3 Å². The van der Waals surface area contributed by atoms with E-state index in [2.05, 4.69) is 11.9 Å². The fourth-order valence-electron chi connectivity index (χ4n) is 3.65. The van der Waals surface area contributed by atoms with E-state index in [0.29, 0.717) is 23.7 Å². The Morgan fingerprint density at radius 1 is 1.31 bits per heavy atom. The second kappa shape index (κ2) is 11.5. The number of thiophene rings is 1. The van der Waals surface area contributed by atoms with Crippen molar-refractivity contribution in [2.75, 3.05) is 14.2 Å². The Balaban J connectivity index is 1.95. The number of aryl methyl sites for hydroxylation is 1. The number of esters is 1. The summed E-state index contributed by atoms with van der Waals surface area (Å²) in [4.78, 5) is 18.2. The van der Waals surface area contributed by atoms with Crippen LogP contribution >= 0.6 is 22.9 Å². The minimum atomic E-state index is -1.08. The lowest BCUT2D eigenvalue weighted by molar-refractivity contribution is -0.149. The molecule has 0 aliphatic rings.